The molecule has 1 aromatic carbocycles. The quantitative estimate of drug-likeness (QED) is 0.695. The summed E-state index contributed by atoms with van der Waals surface area (Å²) in [5.41, 5.74) is 6.73. The molecule has 108 valence electrons. The van der Waals surface area contributed by atoms with E-state index in [1.807, 2.05) is 27.7 Å². The SMILES string of the molecule is CC(C)Oc1cc(NC(C)C(C)CO)c(N)cc1F. The molecular weight excluding hydrogens is 247 g/mol. The van der Waals surface area contributed by atoms with Crippen molar-refractivity contribution >= 4 is 11.4 Å². The van der Waals surface area contributed by atoms with Crippen LogP contribution in [-0.4, -0.2) is 23.9 Å². The van der Waals surface area contributed by atoms with E-state index in [0.717, 1.165) is 0 Å². The first-order valence-electron chi connectivity index (χ1n) is 6.48. The molecule has 2 atom stereocenters. The predicted molar refractivity (Wildman–Crippen MR) is 75.9 cm³/mol. The fourth-order valence-corrected chi connectivity index (χ4v) is 1.58. The number of halogens is 1. The van der Waals surface area contributed by atoms with Crippen molar-refractivity contribution in [2.45, 2.75) is 39.8 Å². The Morgan fingerprint density at radius 3 is 2.47 bits per heavy atom. The number of benzene rings is 1. The lowest BCUT2D eigenvalue weighted by molar-refractivity contribution is 0.226. The number of hydrogen-bond donors (Lipinski definition) is 3. The van der Waals surface area contributed by atoms with Gasteiger partial charge in [0, 0.05) is 24.8 Å². The summed E-state index contributed by atoms with van der Waals surface area (Å²) in [6.07, 6.45) is -0.111. The lowest BCUT2D eigenvalue weighted by Crippen LogP contribution is -2.26. The highest BCUT2D eigenvalue weighted by molar-refractivity contribution is 5.69. The van der Waals surface area contributed by atoms with E-state index in [0.29, 0.717) is 11.4 Å². The average Bonchev–Trinajstić information content (AvgIpc) is 2.33. The predicted octanol–water partition coefficient (Wildman–Crippen LogP) is 2.62. The summed E-state index contributed by atoms with van der Waals surface area (Å²) in [5, 5.41) is 12.3. The molecule has 0 aliphatic heterocycles. The summed E-state index contributed by atoms with van der Waals surface area (Å²) in [5.74, 6) is -0.228. The molecule has 0 aliphatic rings. The Bertz CT molecular complexity index is 424. The number of aliphatic hydroxyl groups is 1. The third kappa shape index (κ3) is 4.28. The van der Waals surface area contributed by atoms with E-state index in [1.165, 1.54) is 6.07 Å². The Kier molecular flexibility index (Phi) is 5.42. The number of aliphatic hydroxyl groups excluding tert-OH is 1. The summed E-state index contributed by atoms with van der Waals surface area (Å²) in [7, 11) is 0. The van der Waals surface area contributed by atoms with Gasteiger partial charge in [0.1, 0.15) is 0 Å². The summed E-state index contributed by atoms with van der Waals surface area (Å²) in [6.45, 7) is 7.60. The third-order valence-corrected chi connectivity index (χ3v) is 2.99. The highest BCUT2D eigenvalue weighted by atomic mass is 19.1. The molecule has 0 fully saturated rings. The molecule has 0 saturated carbocycles. The molecule has 0 radical (unpaired) electrons. The van der Waals surface area contributed by atoms with Crippen molar-refractivity contribution in [3.63, 3.8) is 0 Å². The smallest absolute Gasteiger partial charge is 0.167 e. The van der Waals surface area contributed by atoms with Crippen molar-refractivity contribution in [1.82, 2.24) is 0 Å². The number of nitrogens with one attached hydrogen (secondary N) is 1. The average molecular weight is 270 g/mol. The first kappa shape index (κ1) is 15.6. The normalized spacial score (nSPS) is 14.3. The maximum atomic E-state index is 13.7. The largest absolute Gasteiger partial charge is 0.488 e. The fraction of sp³-hybridized carbons (Fsp3) is 0.571. The number of hydrogen-bond acceptors (Lipinski definition) is 4. The molecule has 5 heteroatoms. The molecule has 0 bridgehead atoms. The Hall–Kier alpha value is -1.49. The molecule has 1 aromatic rings. The van der Waals surface area contributed by atoms with Gasteiger partial charge in [-0.3, -0.25) is 0 Å². The highest BCUT2D eigenvalue weighted by Crippen LogP contribution is 2.30. The molecule has 0 saturated heterocycles. The Labute approximate surface area is 113 Å². The van der Waals surface area contributed by atoms with Crippen LogP contribution in [0.25, 0.3) is 0 Å². The molecule has 2 unspecified atom stereocenters. The van der Waals surface area contributed by atoms with E-state index >= 15 is 0 Å². The number of nitrogen functional groups attached to an aromatic ring is 1. The molecule has 0 spiro atoms. The van der Waals surface area contributed by atoms with Crippen molar-refractivity contribution in [2.75, 3.05) is 17.7 Å². The van der Waals surface area contributed by atoms with Crippen molar-refractivity contribution in [2.24, 2.45) is 5.92 Å². The van der Waals surface area contributed by atoms with E-state index in [9.17, 15) is 4.39 Å². The summed E-state index contributed by atoms with van der Waals surface area (Å²) in [6, 6.07) is 2.83. The minimum atomic E-state index is -0.473. The van der Waals surface area contributed by atoms with Crippen LogP contribution in [0.15, 0.2) is 12.1 Å². The first-order valence-corrected chi connectivity index (χ1v) is 6.48. The maximum Gasteiger partial charge on any atom is 0.167 e. The topological polar surface area (TPSA) is 67.5 Å². The minimum Gasteiger partial charge on any atom is -0.488 e. The second kappa shape index (κ2) is 6.61. The van der Waals surface area contributed by atoms with E-state index < -0.39 is 5.82 Å². The number of anilines is 2. The summed E-state index contributed by atoms with van der Waals surface area (Å²) in [4.78, 5) is 0. The maximum absolute atomic E-state index is 13.7. The van der Waals surface area contributed by atoms with Crippen LogP contribution in [0.3, 0.4) is 0 Å². The molecule has 19 heavy (non-hydrogen) atoms. The Morgan fingerprint density at radius 2 is 1.95 bits per heavy atom. The van der Waals surface area contributed by atoms with Crippen LogP contribution < -0.4 is 15.8 Å². The zero-order valence-corrected chi connectivity index (χ0v) is 11.9. The molecule has 0 aromatic heterocycles. The Balaban J connectivity index is 2.94. The van der Waals surface area contributed by atoms with E-state index in [-0.39, 0.29) is 30.4 Å². The van der Waals surface area contributed by atoms with Crippen LogP contribution in [-0.2, 0) is 0 Å². The lowest BCUT2D eigenvalue weighted by atomic mass is 10.0. The zero-order chi connectivity index (χ0) is 14.6. The van der Waals surface area contributed by atoms with Gasteiger partial charge in [-0.25, -0.2) is 4.39 Å². The zero-order valence-electron chi connectivity index (χ0n) is 11.9. The molecule has 4 nitrogen and oxygen atoms in total. The van der Waals surface area contributed by atoms with E-state index in [1.54, 1.807) is 6.07 Å². The highest BCUT2D eigenvalue weighted by Gasteiger charge is 2.15. The van der Waals surface area contributed by atoms with Gasteiger partial charge in [-0.15, -0.1) is 0 Å². The molecule has 1 rings (SSSR count). The summed E-state index contributed by atoms with van der Waals surface area (Å²) < 4.78 is 19.1. The van der Waals surface area contributed by atoms with Gasteiger partial charge in [0.2, 0.25) is 0 Å². The second-order valence-corrected chi connectivity index (χ2v) is 5.13. The standard InChI is InChI=1S/C14H23FN2O2/c1-8(2)19-14-6-13(12(16)5-11(14)15)17-10(4)9(3)7-18/h5-6,8-10,17-18H,7,16H2,1-4H3. The van der Waals surface area contributed by atoms with Crippen LogP contribution in [0.2, 0.25) is 0 Å². The fourth-order valence-electron chi connectivity index (χ4n) is 1.58. The molecule has 0 aliphatic carbocycles. The van der Waals surface area contributed by atoms with E-state index in [2.05, 4.69) is 5.32 Å². The van der Waals surface area contributed by atoms with Gasteiger partial charge in [0.05, 0.1) is 17.5 Å². The van der Waals surface area contributed by atoms with Crippen LogP contribution in [0.5, 0.6) is 5.75 Å². The van der Waals surface area contributed by atoms with Crippen LogP contribution in [0.4, 0.5) is 15.8 Å². The first-order chi connectivity index (χ1) is 8.85. The summed E-state index contributed by atoms with van der Waals surface area (Å²) >= 11 is 0. The third-order valence-electron chi connectivity index (χ3n) is 2.99. The van der Waals surface area contributed by atoms with Crippen molar-refractivity contribution in [1.29, 1.82) is 0 Å². The number of nitrogens with two attached hydrogens (primary N) is 1. The van der Waals surface area contributed by atoms with Gasteiger partial charge in [0.15, 0.2) is 11.6 Å². The number of rotatable bonds is 6. The van der Waals surface area contributed by atoms with Gasteiger partial charge in [-0.2, -0.15) is 0 Å². The molecule has 0 amide bonds. The molecule has 4 N–H and O–H groups in total. The van der Waals surface area contributed by atoms with Gasteiger partial charge >= 0.3 is 0 Å². The van der Waals surface area contributed by atoms with E-state index in [4.69, 9.17) is 15.6 Å². The second-order valence-electron chi connectivity index (χ2n) is 5.13. The lowest BCUT2D eigenvalue weighted by Gasteiger charge is -2.22. The monoisotopic (exact) mass is 270 g/mol. The van der Waals surface area contributed by atoms with Gasteiger partial charge < -0.3 is 20.9 Å². The van der Waals surface area contributed by atoms with Gasteiger partial charge in [-0.1, -0.05) is 6.92 Å². The molecule has 0 heterocycles. The van der Waals surface area contributed by atoms with Crippen molar-refractivity contribution in [3.8, 4) is 5.75 Å². The van der Waals surface area contributed by atoms with Crippen molar-refractivity contribution in [3.05, 3.63) is 17.9 Å². The van der Waals surface area contributed by atoms with Gasteiger partial charge in [0.25, 0.3) is 0 Å². The van der Waals surface area contributed by atoms with Gasteiger partial charge in [-0.05, 0) is 26.7 Å². The number of ether oxygens (including phenoxy) is 1. The van der Waals surface area contributed by atoms with Crippen LogP contribution in [0.1, 0.15) is 27.7 Å². The molecular formula is C14H23FN2O2. The van der Waals surface area contributed by atoms with Crippen LogP contribution >= 0.6 is 0 Å². The van der Waals surface area contributed by atoms with Crippen LogP contribution in [0, 0.1) is 11.7 Å². The Morgan fingerprint density at radius 1 is 1.32 bits per heavy atom. The minimum absolute atomic E-state index is 0.0182. The van der Waals surface area contributed by atoms with Crippen molar-refractivity contribution < 1.29 is 14.2 Å².